The van der Waals surface area contributed by atoms with Gasteiger partial charge in [0.15, 0.2) is 0 Å². The summed E-state index contributed by atoms with van der Waals surface area (Å²) < 4.78 is 0. The molecule has 0 aromatic carbocycles. The summed E-state index contributed by atoms with van der Waals surface area (Å²) in [5.41, 5.74) is 1.29. The van der Waals surface area contributed by atoms with Crippen LogP contribution in [0.4, 0.5) is 0 Å². The summed E-state index contributed by atoms with van der Waals surface area (Å²) in [6, 6.07) is 0. The Balaban J connectivity index is 0. The molecule has 0 amide bonds. The van der Waals surface area contributed by atoms with E-state index in [2.05, 4.69) is 33.9 Å². The summed E-state index contributed by atoms with van der Waals surface area (Å²) in [5.74, 6) is 1.34. The van der Waals surface area contributed by atoms with E-state index in [-0.39, 0.29) is 0 Å². The Kier molecular flexibility index (Phi) is 11.5. The maximum atomic E-state index is 3.79. The molecule has 14 heavy (non-hydrogen) atoms. The normalized spacial score (nSPS) is 12.9. The van der Waals surface area contributed by atoms with E-state index in [1.807, 2.05) is 32.1 Å². The number of hydrogen-bond donors (Lipinski definition) is 0. The topological polar surface area (TPSA) is 0 Å². The van der Waals surface area contributed by atoms with Crippen LogP contribution in [0.1, 0.15) is 41.0 Å². The van der Waals surface area contributed by atoms with Crippen LogP contribution in [0.25, 0.3) is 0 Å². The lowest BCUT2D eigenvalue weighted by Gasteiger charge is -2.14. The van der Waals surface area contributed by atoms with Crippen molar-refractivity contribution >= 4 is 0 Å². The van der Waals surface area contributed by atoms with Crippen molar-refractivity contribution < 1.29 is 0 Å². The van der Waals surface area contributed by atoms with Gasteiger partial charge in [-0.2, -0.15) is 0 Å². The SMILES string of the molecule is C=C/C=C(\C=C)C(C)CC(C)C.CC. The lowest BCUT2D eigenvalue weighted by molar-refractivity contribution is 0.492. The highest BCUT2D eigenvalue weighted by molar-refractivity contribution is 5.23. The van der Waals surface area contributed by atoms with Gasteiger partial charge in [0.05, 0.1) is 0 Å². The molecule has 0 heteroatoms. The van der Waals surface area contributed by atoms with E-state index in [9.17, 15) is 0 Å². The van der Waals surface area contributed by atoms with Gasteiger partial charge in [-0.05, 0) is 23.8 Å². The van der Waals surface area contributed by atoms with Crippen LogP contribution < -0.4 is 0 Å². The summed E-state index contributed by atoms with van der Waals surface area (Å²) in [7, 11) is 0. The molecular formula is C14H26. The van der Waals surface area contributed by atoms with Gasteiger partial charge in [0.2, 0.25) is 0 Å². The van der Waals surface area contributed by atoms with Gasteiger partial charge < -0.3 is 0 Å². The van der Waals surface area contributed by atoms with Crippen LogP contribution in [-0.2, 0) is 0 Å². The molecule has 0 aromatic rings. The van der Waals surface area contributed by atoms with Gasteiger partial charge in [0.1, 0.15) is 0 Å². The molecule has 0 aliphatic heterocycles. The highest BCUT2D eigenvalue weighted by atomic mass is 14.1. The minimum absolute atomic E-state index is 0.598. The van der Waals surface area contributed by atoms with E-state index in [1.165, 1.54) is 12.0 Å². The monoisotopic (exact) mass is 194 g/mol. The zero-order chi connectivity index (χ0) is 11.6. The van der Waals surface area contributed by atoms with E-state index in [1.54, 1.807) is 0 Å². The quantitative estimate of drug-likeness (QED) is 0.541. The van der Waals surface area contributed by atoms with Gasteiger partial charge in [-0.25, -0.2) is 0 Å². The van der Waals surface area contributed by atoms with E-state index in [0.717, 1.165) is 5.92 Å². The van der Waals surface area contributed by atoms with Crippen molar-refractivity contribution in [2.45, 2.75) is 41.0 Å². The standard InChI is InChI=1S/C12H20.C2H6/c1-6-8-12(7-2)11(5)9-10(3)4;1-2/h6-8,10-11H,1-2,9H2,3-5H3;1-2H3/b12-8+;. The predicted octanol–water partition coefficient (Wildman–Crippen LogP) is 4.99. The minimum Gasteiger partial charge on any atom is -0.0991 e. The van der Waals surface area contributed by atoms with E-state index in [0.29, 0.717) is 5.92 Å². The number of allylic oxidation sites excluding steroid dienone is 4. The van der Waals surface area contributed by atoms with Crippen LogP contribution in [-0.4, -0.2) is 0 Å². The Morgan fingerprint density at radius 2 is 1.64 bits per heavy atom. The smallest absolute Gasteiger partial charge is 0.0188 e. The predicted molar refractivity (Wildman–Crippen MR) is 68.4 cm³/mol. The molecule has 0 aromatic heterocycles. The third-order valence-corrected chi connectivity index (χ3v) is 1.94. The lowest BCUT2D eigenvalue weighted by Crippen LogP contribution is -2.01. The zero-order valence-corrected chi connectivity index (χ0v) is 10.5. The van der Waals surface area contributed by atoms with Gasteiger partial charge in [-0.15, -0.1) is 0 Å². The first-order valence-corrected chi connectivity index (χ1v) is 5.56. The van der Waals surface area contributed by atoms with Crippen molar-refractivity contribution in [1.82, 2.24) is 0 Å². The fraction of sp³-hybridized carbons (Fsp3) is 0.571. The summed E-state index contributed by atoms with van der Waals surface area (Å²) in [6.45, 7) is 18.2. The highest BCUT2D eigenvalue weighted by Crippen LogP contribution is 2.20. The van der Waals surface area contributed by atoms with Gasteiger partial charge in [-0.3, -0.25) is 0 Å². The molecule has 0 fully saturated rings. The Hall–Kier alpha value is -0.780. The fourth-order valence-corrected chi connectivity index (χ4v) is 1.41. The number of hydrogen-bond acceptors (Lipinski definition) is 0. The molecule has 0 saturated carbocycles. The second-order valence-corrected chi connectivity index (χ2v) is 3.64. The molecule has 0 radical (unpaired) electrons. The average Bonchev–Trinajstić information content (AvgIpc) is 2.16. The van der Waals surface area contributed by atoms with Crippen LogP contribution >= 0.6 is 0 Å². The molecular weight excluding hydrogens is 168 g/mol. The summed E-state index contributed by atoms with van der Waals surface area (Å²) in [4.78, 5) is 0. The van der Waals surface area contributed by atoms with E-state index in [4.69, 9.17) is 0 Å². The lowest BCUT2D eigenvalue weighted by atomic mass is 9.91. The van der Waals surface area contributed by atoms with Crippen molar-refractivity contribution in [3.8, 4) is 0 Å². The second-order valence-electron chi connectivity index (χ2n) is 3.64. The molecule has 0 aliphatic rings. The first kappa shape index (κ1) is 15.7. The van der Waals surface area contributed by atoms with Crippen LogP contribution in [0, 0.1) is 11.8 Å². The molecule has 1 atom stereocenters. The molecule has 0 N–H and O–H groups in total. The molecule has 0 aliphatic carbocycles. The van der Waals surface area contributed by atoms with Gasteiger partial charge in [-0.1, -0.05) is 66.0 Å². The van der Waals surface area contributed by atoms with Crippen LogP contribution in [0.3, 0.4) is 0 Å². The average molecular weight is 194 g/mol. The van der Waals surface area contributed by atoms with Crippen molar-refractivity contribution in [2.24, 2.45) is 11.8 Å². The summed E-state index contributed by atoms with van der Waals surface area (Å²) >= 11 is 0. The van der Waals surface area contributed by atoms with Gasteiger partial charge in [0.25, 0.3) is 0 Å². The molecule has 0 heterocycles. The van der Waals surface area contributed by atoms with Gasteiger partial charge in [0, 0.05) is 0 Å². The minimum atomic E-state index is 0.598. The Bertz CT molecular complexity index is 172. The molecule has 0 nitrogen and oxygen atoms in total. The molecule has 82 valence electrons. The van der Waals surface area contributed by atoms with Gasteiger partial charge >= 0.3 is 0 Å². The van der Waals surface area contributed by atoms with E-state index >= 15 is 0 Å². The largest absolute Gasteiger partial charge is 0.0991 e. The zero-order valence-electron chi connectivity index (χ0n) is 10.5. The fourth-order valence-electron chi connectivity index (χ4n) is 1.41. The first-order chi connectivity index (χ1) is 6.61. The van der Waals surface area contributed by atoms with Crippen LogP contribution in [0.2, 0.25) is 0 Å². The third kappa shape index (κ3) is 7.85. The van der Waals surface area contributed by atoms with Crippen molar-refractivity contribution in [2.75, 3.05) is 0 Å². The van der Waals surface area contributed by atoms with Crippen molar-refractivity contribution in [1.29, 1.82) is 0 Å². The maximum absolute atomic E-state index is 3.79. The molecule has 0 rings (SSSR count). The van der Waals surface area contributed by atoms with Crippen molar-refractivity contribution in [3.05, 3.63) is 37.0 Å². The highest BCUT2D eigenvalue weighted by Gasteiger charge is 2.06. The van der Waals surface area contributed by atoms with Crippen LogP contribution in [0.15, 0.2) is 37.0 Å². The maximum Gasteiger partial charge on any atom is -0.0188 e. The van der Waals surface area contributed by atoms with Crippen molar-refractivity contribution in [3.63, 3.8) is 0 Å². The number of rotatable bonds is 5. The second kappa shape index (κ2) is 10.3. The molecule has 1 unspecified atom stereocenters. The Morgan fingerprint density at radius 1 is 1.14 bits per heavy atom. The van der Waals surface area contributed by atoms with Crippen LogP contribution in [0.5, 0.6) is 0 Å². The summed E-state index contributed by atoms with van der Waals surface area (Å²) in [6.07, 6.45) is 7.01. The molecule has 0 saturated heterocycles. The first-order valence-electron chi connectivity index (χ1n) is 5.56. The summed E-state index contributed by atoms with van der Waals surface area (Å²) in [5, 5.41) is 0. The van der Waals surface area contributed by atoms with E-state index < -0.39 is 0 Å². The molecule has 0 spiro atoms. The Labute approximate surface area is 90.4 Å². The third-order valence-electron chi connectivity index (χ3n) is 1.94. The Morgan fingerprint density at radius 3 is 1.93 bits per heavy atom. The molecule has 0 bridgehead atoms.